The smallest absolute Gasteiger partial charge is 0.256 e. The molecule has 3 nitrogen and oxygen atoms in total. The highest BCUT2D eigenvalue weighted by Gasteiger charge is 2.23. The second-order valence-corrected chi connectivity index (χ2v) is 5.95. The summed E-state index contributed by atoms with van der Waals surface area (Å²) in [5.41, 5.74) is 0.423. The Balaban J connectivity index is 2.12. The average Bonchev–Trinajstić information content (AvgIpc) is 2.45. The Bertz CT molecular complexity index is 453. The molecular formula is C15H20Cl2N2O. The molecule has 2 rings (SSSR count). The lowest BCUT2D eigenvalue weighted by Gasteiger charge is -2.29. The molecule has 0 aliphatic carbocycles. The highest BCUT2D eigenvalue weighted by atomic mass is 35.5. The average molecular weight is 315 g/mol. The monoisotopic (exact) mass is 314 g/mol. The second kappa shape index (κ2) is 7.30. The summed E-state index contributed by atoms with van der Waals surface area (Å²) in [7, 11) is 0. The molecule has 1 aromatic rings. The van der Waals surface area contributed by atoms with Crippen molar-refractivity contribution in [3.63, 3.8) is 0 Å². The first-order chi connectivity index (χ1) is 9.63. The SMILES string of the molecule is CCN(CC1CCNCC1)C(=O)c1c(Cl)cccc1Cl. The van der Waals surface area contributed by atoms with Crippen molar-refractivity contribution in [1.29, 1.82) is 0 Å². The number of halogens is 2. The summed E-state index contributed by atoms with van der Waals surface area (Å²) in [6.07, 6.45) is 2.22. The third-order valence-electron chi connectivity index (χ3n) is 3.78. The van der Waals surface area contributed by atoms with Gasteiger partial charge in [-0.25, -0.2) is 0 Å². The van der Waals surface area contributed by atoms with E-state index in [-0.39, 0.29) is 5.91 Å². The van der Waals surface area contributed by atoms with E-state index in [0.717, 1.165) is 32.5 Å². The maximum absolute atomic E-state index is 12.6. The van der Waals surface area contributed by atoms with E-state index >= 15 is 0 Å². The lowest BCUT2D eigenvalue weighted by molar-refractivity contribution is 0.0727. The van der Waals surface area contributed by atoms with Crippen molar-refractivity contribution < 1.29 is 4.79 Å². The van der Waals surface area contributed by atoms with Gasteiger partial charge in [-0.2, -0.15) is 0 Å². The van der Waals surface area contributed by atoms with Gasteiger partial charge in [-0.15, -0.1) is 0 Å². The summed E-state index contributed by atoms with van der Waals surface area (Å²) < 4.78 is 0. The number of piperidine rings is 1. The van der Waals surface area contributed by atoms with Crippen molar-refractivity contribution in [3.8, 4) is 0 Å². The number of nitrogens with zero attached hydrogens (tertiary/aromatic N) is 1. The largest absolute Gasteiger partial charge is 0.339 e. The molecule has 0 unspecified atom stereocenters. The molecule has 0 spiro atoms. The van der Waals surface area contributed by atoms with E-state index in [1.54, 1.807) is 18.2 Å². The van der Waals surface area contributed by atoms with Crippen molar-refractivity contribution in [2.75, 3.05) is 26.2 Å². The second-order valence-electron chi connectivity index (χ2n) is 5.13. The van der Waals surface area contributed by atoms with Crippen molar-refractivity contribution >= 4 is 29.1 Å². The van der Waals surface area contributed by atoms with Gasteiger partial charge in [0.2, 0.25) is 0 Å². The summed E-state index contributed by atoms with van der Waals surface area (Å²) in [5, 5.41) is 4.18. The van der Waals surface area contributed by atoms with Crippen molar-refractivity contribution in [2.45, 2.75) is 19.8 Å². The van der Waals surface area contributed by atoms with Crippen LogP contribution >= 0.6 is 23.2 Å². The predicted molar refractivity (Wildman–Crippen MR) is 83.6 cm³/mol. The molecule has 1 saturated heterocycles. The first-order valence-corrected chi connectivity index (χ1v) is 7.83. The summed E-state index contributed by atoms with van der Waals surface area (Å²) in [6, 6.07) is 5.17. The Kier molecular flexibility index (Phi) is 5.70. The number of hydrogen-bond donors (Lipinski definition) is 1. The standard InChI is InChI=1S/C15H20Cl2N2O/c1-2-19(10-11-6-8-18-9-7-11)15(20)14-12(16)4-3-5-13(14)17/h3-5,11,18H,2,6-10H2,1H3. The van der Waals surface area contributed by atoms with Gasteiger partial charge in [0.1, 0.15) is 0 Å². The number of amides is 1. The van der Waals surface area contributed by atoms with Crippen LogP contribution in [0.4, 0.5) is 0 Å². The van der Waals surface area contributed by atoms with Crippen molar-refractivity contribution in [2.24, 2.45) is 5.92 Å². The zero-order valence-corrected chi connectivity index (χ0v) is 13.2. The van der Waals surface area contributed by atoms with Gasteiger partial charge in [0.15, 0.2) is 0 Å². The summed E-state index contributed by atoms with van der Waals surface area (Å²) in [6.45, 7) is 5.50. The van der Waals surface area contributed by atoms with Gasteiger partial charge in [0.25, 0.3) is 5.91 Å². The molecule has 0 bridgehead atoms. The van der Waals surface area contributed by atoms with Crippen LogP contribution in [-0.2, 0) is 0 Å². The van der Waals surface area contributed by atoms with Crippen LogP contribution in [0.2, 0.25) is 10.0 Å². The molecule has 5 heteroatoms. The molecule has 1 fully saturated rings. The fourth-order valence-electron chi connectivity index (χ4n) is 2.59. The third-order valence-corrected chi connectivity index (χ3v) is 4.41. The topological polar surface area (TPSA) is 32.3 Å². The lowest BCUT2D eigenvalue weighted by Crippen LogP contribution is -2.39. The molecule has 1 heterocycles. The Labute approximate surface area is 130 Å². The van der Waals surface area contributed by atoms with Crippen LogP contribution in [0.15, 0.2) is 18.2 Å². The Morgan fingerprint density at radius 1 is 1.30 bits per heavy atom. The number of nitrogens with one attached hydrogen (secondary N) is 1. The van der Waals surface area contributed by atoms with Gasteiger partial charge in [-0.1, -0.05) is 29.3 Å². The van der Waals surface area contributed by atoms with Crippen LogP contribution in [0.5, 0.6) is 0 Å². The molecule has 0 atom stereocenters. The molecule has 0 radical (unpaired) electrons. The Morgan fingerprint density at radius 2 is 1.90 bits per heavy atom. The molecule has 0 saturated carbocycles. The Morgan fingerprint density at radius 3 is 2.45 bits per heavy atom. The van der Waals surface area contributed by atoms with E-state index in [0.29, 0.717) is 28.1 Å². The van der Waals surface area contributed by atoms with E-state index < -0.39 is 0 Å². The Hall–Kier alpha value is -0.770. The summed E-state index contributed by atoms with van der Waals surface area (Å²) in [5.74, 6) is 0.489. The first kappa shape index (κ1) is 15.6. The first-order valence-electron chi connectivity index (χ1n) is 7.07. The minimum atomic E-state index is -0.0679. The minimum absolute atomic E-state index is 0.0679. The zero-order chi connectivity index (χ0) is 14.5. The maximum Gasteiger partial charge on any atom is 0.256 e. The van der Waals surface area contributed by atoms with Crippen LogP contribution in [0.25, 0.3) is 0 Å². The maximum atomic E-state index is 12.6. The molecule has 0 aromatic heterocycles. The van der Waals surface area contributed by atoms with E-state index in [1.165, 1.54) is 0 Å². The van der Waals surface area contributed by atoms with Crippen LogP contribution < -0.4 is 5.32 Å². The summed E-state index contributed by atoms with van der Waals surface area (Å²) >= 11 is 12.3. The van der Waals surface area contributed by atoms with Crippen LogP contribution in [0, 0.1) is 5.92 Å². The van der Waals surface area contributed by atoms with E-state index in [2.05, 4.69) is 5.32 Å². The zero-order valence-electron chi connectivity index (χ0n) is 11.7. The minimum Gasteiger partial charge on any atom is -0.339 e. The fraction of sp³-hybridized carbons (Fsp3) is 0.533. The van der Waals surface area contributed by atoms with Crippen molar-refractivity contribution in [1.82, 2.24) is 10.2 Å². The van der Waals surface area contributed by atoms with E-state index in [1.807, 2.05) is 11.8 Å². The number of benzene rings is 1. The van der Waals surface area contributed by atoms with Crippen LogP contribution in [0.1, 0.15) is 30.1 Å². The fourth-order valence-corrected chi connectivity index (χ4v) is 3.15. The van der Waals surface area contributed by atoms with Crippen LogP contribution in [0.3, 0.4) is 0 Å². The molecule has 1 aliphatic heterocycles. The van der Waals surface area contributed by atoms with Crippen molar-refractivity contribution in [3.05, 3.63) is 33.8 Å². The molecule has 20 heavy (non-hydrogen) atoms. The van der Waals surface area contributed by atoms with Gasteiger partial charge < -0.3 is 10.2 Å². The third kappa shape index (κ3) is 3.66. The predicted octanol–water partition coefficient (Wildman–Crippen LogP) is 3.46. The molecule has 1 aromatic carbocycles. The van der Waals surface area contributed by atoms with E-state index in [9.17, 15) is 4.79 Å². The highest BCUT2D eigenvalue weighted by Crippen LogP contribution is 2.26. The number of carbonyl (C=O) groups excluding carboxylic acids is 1. The number of hydrogen-bond acceptors (Lipinski definition) is 2. The van der Waals surface area contributed by atoms with E-state index in [4.69, 9.17) is 23.2 Å². The van der Waals surface area contributed by atoms with Gasteiger partial charge in [-0.3, -0.25) is 4.79 Å². The van der Waals surface area contributed by atoms with Crippen LogP contribution in [-0.4, -0.2) is 37.0 Å². The van der Waals surface area contributed by atoms with Gasteiger partial charge in [-0.05, 0) is 50.9 Å². The number of carbonyl (C=O) groups is 1. The summed E-state index contributed by atoms with van der Waals surface area (Å²) in [4.78, 5) is 14.5. The highest BCUT2D eigenvalue weighted by molar-refractivity contribution is 6.39. The molecule has 1 amide bonds. The molecule has 1 aliphatic rings. The number of rotatable bonds is 4. The molecule has 1 N–H and O–H groups in total. The molecule has 110 valence electrons. The quantitative estimate of drug-likeness (QED) is 0.923. The van der Waals surface area contributed by atoms with Gasteiger partial charge in [0, 0.05) is 13.1 Å². The lowest BCUT2D eigenvalue weighted by atomic mass is 9.97. The normalized spacial score (nSPS) is 16.1. The van der Waals surface area contributed by atoms with Gasteiger partial charge >= 0.3 is 0 Å². The molecular weight excluding hydrogens is 295 g/mol. The van der Waals surface area contributed by atoms with Gasteiger partial charge in [0.05, 0.1) is 15.6 Å².